The molecule has 24 heavy (non-hydrogen) atoms. The monoisotopic (exact) mass is 338 g/mol. The van der Waals surface area contributed by atoms with Crippen molar-refractivity contribution in [1.29, 1.82) is 0 Å². The van der Waals surface area contributed by atoms with Crippen molar-refractivity contribution in [1.82, 2.24) is 14.9 Å². The number of anilines is 1. The number of nitrogen functional groups attached to an aromatic ring is 1. The van der Waals surface area contributed by atoms with Gasteiger partial charge in [-0.05, 0) is 27.7 Å². The topological polar surface area (TPSA) is 90.6 Å². The average molecular weight is 338 g/mol. The van der Waals surface area contributed by atoms with Gasteiger partial charge in [-0.25, -0.2) is 9.78 Å². The van der Waals surface area contributed by atoms with Gasteiger partial charge < -0.3 is 20.1 Å². The van der Waals surface area contributed by atoms with Gasteiger partial charge in [0.15, 0.2) is 0 Å². The highest BCUT2D eigenvalue weighted by atomic mass is 16.6. The van der Waals surface area contributed by atoms with Crippen molar-refractivity contribution < 1.29 is 14.3 Å². The van der Waals surface area contributed by atoms with E-state index in [-0.39, 0.29) is 12.2 Å². The van der Waals surface area contributed by atoms with Crippen LogP contribution in [-0.4, -0.2) is 45.8 Å². The molecule has 0 radical (unpaired) electrons. The predicted octanol–water partition coefficient (Wildman–Crippen LogP) is 3.17. The van der Waals surface area contributed by atoms with Gasteiger partial charge >= 0.3 is 6.09 Å². The van der Waals surface area contributed by atoms with Crippen LogP contribution >= 0.6 is 0 Å². The Hall–Kier alpha value is -2.05. The quantitative estimate of drug-likeness (QED) is 0.890. The molecule has 0 saturated carbocycles. The molecule has 0 atom stereocenters. The lowest BCUT2D eigenvalue weighted by atomic mass is 10.1. The van der Waals surface area contributed by atoms with Gasteiger partial charge in [0.2, 0.25) is 5.88 Å². The van der Waals surface area contributed by atoms with Crippen LogP contribution < -0.4 is 10.5 Å². The van der Waals surface area contributed by atoms with E-state index in [0.29, 0.717) is 30.6 Å². The van der Waals surface area contributed by atoms with Crippen molar-refractivity contribution in [2.45, 2.75) is 66.1 Å². The molecule has 1 aromatic heterocycles. The third-order valence-electron chi connectivity index (χ3n) is 3.22. The Balaban J connectivity index is 0.00000139. The second kappa shape index (κ2) is 8.70. The van der Waals surface area contributed by atoms with Gasteiger partial charge in [-0.1, -0.05) is 13.8 Å². The first kappa shape index (κ1) is 20.0. The summed E-state index contributed by atoms with van der Waals surface area (Å²) in [4.78, 5) is 21.9. The van der Waals surface area contributed by atoms with Crippen LogP contribution in [0.2, 0.25) is 0 Å². The Bertz CT molecular complexity index is 515. The maximum absolute atomic E-state index is 12.0. The molecule has 2 N–H and O–H groups in total. The number of aromatic nitrogens is 2. The summed E-state index contributed by atoms with van der Waals surface area (Å²) in [5, 5.41) is 0. The molecule has 0 bridgehead atoms. The summed E-state index contributed by atoms with van der Waals surface area (Å²) in [5.74, 6) is 1.47. The molecule has 7 heteroatoms. The third-order valence-corrected chi connectivity index (χ3v) is 3.22. The minimum absolute atomic E-state index is 0.0207. The minimum Gasteiger partial charge on any atom is -0.474 e. The second-order valence-electron chi connectivity index (χ2n) is 6.46. The van der Waals surface area contributed by atoms with Crippen LogP contribution in [0, 0.1) is 6.92 Å². The molecule has 7 nitrogen and oxygen atoms in total. The number of amides is 1. The summed E-state index contributed by atoms with van der Waals surface area (Å²) < 4.78 is 11.2. The molecule has 2 heterocycles. The van der Waals surface area contributed by atoms with Crippen molar-refractivity contribution in [3.63, 3.8) is 0 Å². The van der Waals surface area contributed by atoms with Crippen LogP contribution in [0.4, 0.5) is 10.6 Å². The molecule has 1 fully saturated rings. The number of piperidine rings is 1. The van der Waals surface area contributed by atoms with Crippen LogP contribution in [0.15, 0.2) is 6.07 Å². The zero-order valence-corrected chi connectivity index (χ0v) is 15.6. The zero-order chi connectivity index (χ0) is 18.3. The first-order chi connectivity index (χ1) is 11.2. The maximum Gasteiger partial charge on any atom is 0.410 e. The molecular weight excluding hydrogens is 308 g/mol. The lowest BCUT2D eigenvalue weighted by molar-refractivity contribution is 0.0123. The largest absolute Gasteiger partial charge is 0.474 e. The van der Waals surface area contributed by atoms with Gasteiger partial charge in [-0.3, -0.25) is 0 Å². The number of ether oxygens (including phenoxy) is 2. The average Bonchev–Trinajstić information content (AvgIpc) is 2.47. The molecular formula is C17H30N4O3. The fraction of sp³-hybridized carbons (Fsp3) is 0.706. The Morgan fingerprint density at radius 3 is 2.33 bits per heavy atom. The van der Waals surface area contributed by atoms with Crippen LogP contribution in [0.25, 0.3) is 0 Å². The van der Waals surface area contributed by atoms with Gasteiger partial charge in [0, 0.05) is 32.0 Å². The molecule has 0 spiro atoms. The number of aryl methyl sites for hydroxylation is 1. The summed E-state index contributed by atoms with van der Waals surface area (Å²) in [6.07, 6.45) is 1.23. The highest BCUT2D eigenvalue weighted by Crippen LogP contribution is 2.20. The van der Waals surface area contributed by atoms with Gasteiger partial charge in [0.05, 0.1) is 0 Å². The molecule has 2 rings (SSSR count). The summed E-state index contributed by atoms with van der Waals surface area (Å²) in [6.45, 7) is 12.6. The SMILES string of the molecule is CC.Cc1nc(N)cc(OC2CCN(C(=O)OC(C)(C)C)CC2)n1. The number of carbonyl (C=O) groups is 1. The number of hydrogen-bond acceptors (Lipinski definition) is 6. The van der Waals surface area contributed by atoms with Gasteiger partial charge in [0.25, 0.3) is 0 Å². The smallest absolute Gasteiger partial charge is 0.410 e. The van der Waals surface area contributed by atoms with E-state index in [4.69, 9.17) is 15.2 Å². The van der Waals surface area contributed by atoms with E-state index in [0.717, 1.165) is 12.8 Å². The Labute approximate surface area is 144 Å². The Morgan fingerprint density at radius 1 is 1.25 bits per heavy atom. The van der Waals surface area contributed by atoms with Crippen LogP contribution in [-0.2, 0) is 4.74 Å². The highest BCUT2D eigenvalue weighted by Gasteiger charge is 2.27. The fourth-order valence-corrected chi connectivity index (χ4v) is 2.28. The standard InChI is InChI=1S/C15H24N4O3.C2H6/c1-10-17-12(16)9-13(18-10)21-11-5-7-19(8-6-11)14(20)22-15(2,3)4;1-2/h9,11H,5-8H2,1-4H3,(H2,16,17,18);1-2H3. The van der Waals surface area contributed by atoms with E-state index in [2.05, 4.69) is 9.97 Å². The number of nitrogens with zero attached hydrogens (tertiary/aromatic N) is 3. The molecule has 0 unspecified atom stereocenters. The highest BCUT2D eigenvalue weighted by molar-refractivity contribution is 5.68. The van der Waals surface area contributed by atoms with Gasteiger partial charge in [0.1, 0.15) is 23.3 Å². The van der Waals surface area contributed by atoms with Gasteiger partial charge in [-0.15, -0.1) is 0 Å². The van der Waals surface area contributed by atoms with Crippen LogP contribution in [0.1, 0.15) is 53.3 Å². The normalized spacial score (nSPS) is 15.3. The van der Waals surface area contributed by atoms with Crippen molar-refractivity contribution in [2.75, 3.05) is 18.8 Å². The van der Waals surface area contributed by atoms with Crippen molar-refractivity contribution in [2.24, 2.45) is 0 Å². The summed E-state index contributed by atoms with van der Waals surface area (Å²) >= 11 is 0. The number of carbonyl (C=O) groups excluding carboxylic acids is 1. The van der Waals surface area contributed by atoms with Crippen molar-refractivity contribution >= 4 is 11.9 Å². The number of nitrogens with two attached hydrogens (primary N) is 1. The number of rotatable bonds is 2. The number of hydrogen-bond donors (Lipinski definition) is 1. The first-order valence-corrected chi connectivity index (χ1v) is 8.49. The zero-order valence-electron chi connectivity index (χ0n) is 15.6. The molecule has 0 aliphatic carbocycles. The van der Waals surface area contributed by atoms with E-state index >= 15 is 0 Å². The Kier molecular flexibility index (Phi) is 7.25. The van der Waals surface area contributed by atoms with E-state index in [9.17, 15) is 4.79 Å². The van der Waals surface area contributed by atoms with E-state index in [1.54, 1.807) is 17.9 Å². The van der Waals surface area contributed by atoms with Crippen LogP contribution in [0.3, 0.4) is 0 Å². The fourth-order valence-electron chi connectivity index (χ4n) is 2.28. The predicted molar refractivity (Wildman–Crippen MR) is 94.0 cm³/mol. The summed E-state index contributed by atoms with van der Waals surface area (Å²) in [5.41, 5.74) is 5.21. The molecule has 0 aromatic carbocycles. The summed E-state index contributed by atoms with van der Waals surface area (Å²) in [7, 11) is 0. The first-order valence-electron chi connectivity index (χ1n) is 8.49. The number of likely N-dealkylation sites (tertiary alicyclic amines) is 1. The molecule has 1 saturated heterocycles. The lowest BCUT2D eigenvalue weighted by Gasteiger charge is -2.33. The van der Waals surface area contributed by atoms with Crippen molar-refractivity contribution in [3.8, 4) is 5.88 Å². The molecule has 1 amide bonds. The molecule has 1 aliphatic heterocycles. The van der Waals surface area contributed by atoms with E-state index in [1.807, 2.05) is 34.6 Å². The van der Waals surface area contributed by atoms with Crippen molar-refractivity contribution in [3.05, 3.63) is 11.9 Å². The summed E-state index contributed by atoms with van der Waals surface area (Å²) in [6, 6.07) is 1.62. The minimum atomic E-state index is -0.472. The second-order valence-corrected chi connectivity index (χ2v) is 6.46. The third kappa shape index (κ3) is 6.60. The molecule has 1 aromatic rings. The molecule has 1 aliphatic rings. The maximum atomic E-state index is 12.0. The lowest BCUT2D eigenvalue weighted by Crippen LogP contribution is -2.44. The van der Waals surface area contributed by atoms with Crippen LogP contribution in [0.5, 0.6) is 5.88 Å². The van der Waals surface area contributed by atoms with E-state index in [1.165, 1.54) is 0 Å². The van der Waals surface area contributed by atoms with Gasteiger partial charge in [-0.2, -0.15) is 4.98 Å². The molecule has 136 valence electrons. The van der Waals surface area contributed by atoms with E-state index < -0.39 is 5.60 Å². The Morgan fingerprint density at radius 2 is 1.83 bits per heavy atom.